The molecule has 0 aliphatic carbocycles. The van der Waals surface area contributed by atoms with Gasteiger partial charge in [-0.3, -0.25) is 19.2 Å². The highest BCUT2D eigenvalue weighted by molar-refractivity contribution is 9.10. The Morgan fingerprint density at radius 2 is 1.13 bits per heavy atom. The molecule has 0 heterocycles. The van der Waals surface area contributed by atoms with Gasteiger partial charge in [0.25, 0.3) is 0 Å². The van der Waals surface area contributed by atoms with E-state index in [-0.39, 0.29) is 50.8 Å². The zero-order valence-electron chi connectivity index (χ0n) is 19.2. The third kappa shape index (κ3) is 12.5. The monoisotopic (exact) mass is 634 g/mol. The van der Waals surface area contributed by atoms with Crippen molar-refractivity contribution in [2.45, 2.75) is 74.3 Å². The first-order valence-corrected chi connectivity index (χ1v) is 12.2. The second-order valence-corrected chi connectivity index (χ2v) is 15.1. The minimum atomic E-state index is -1.01. The summed E-state index contributed by atoms with van der Waals surface area (Å²) in [7, 11) is 0. The minimum Gasteiger partial charge on any atom is -0.464 e. The summed E-state index contributed by atoms with van der Waals surface area (Å²) in [5.74, 6) is -1.27. The summed E-state index contributed by atoms with van der Waals surface area (Å²) in [5.41, 5.74) is -1.01. The van der Waals surface area contributed by atoms with Gasteiger partial charge in [-0.2, -0.15) is 0 Å². The molecule has 0 rings (SSSR count). The molecule has 0 aromatic rings. The van der Waals surface area contributed by atoms with Gasteiger partial charge in [0.1, 0.15) is 34.3 Å². The molecule has 0 aliphatic rings. The highest BCUT2D eigenvalue weighted by Gasteiger charge is 2.39. The number of ether oxygens (including phenoxy) is 3. The summed E-state index contributed by atoms with van der Waals surface area (Å²) in [6.45, 7) is 11.0. The summed E-state index contributed by atoms with van der Waals surface area (Å²) in [6, 6.07) is 0. The molecule has 0 amide bonds. The molecule has 0 unspecified atom stereocenters. The lowest BCUT2D eigenvalue weighted by Gasteiger charge is -2.34. The smallest absolute Gasteiger partial charge is 0.322 e. The maximum Gasteiger partial charge on any atom is 0.322 e. The van der Waals surface area contributed by atoms with Crippen LogP contribution >= 0.6 is 47.8 Å². The van der Waals surface area contributed by atoms with E-state index in [0.717, 1.165) is 0 Å². The number of ketones is 2. The first kappa shape index (κ1) is 30.7. The average Bonchev–Trinajstić information content (AvgIpc) is 2.58. The lowest BCUT2D eigenvalue weighted by molar-refractivity contribution is -0.161. The van der Waals surface area contributed by atoms with Crippen molar-refractivity contribution in [3.8, 4) is 0 Å². The van der Waals surface area contributed by atoms with Crippen molar-refractivity contribution in [3.05, 3.63) is 0 Å². The van der Waals surface area contributed by atoms with Gasteiger partial charge in [0.2, 0.25) is 0 Å². The number of Topliss-reactive ketones (excluding diaryl/α,β-unsaturated/α-hetero) is 2. The van der Waals surface area contributed by atoms with Crippen molar-refractivity contribution in [1.29, 1.82) is 0 Å². The fourth-order valence-electron chi connectivity index (χ4n) is 2.21. The van der Waals surface area contributed by atoms with Crippen LogP contribution in [0.2, 0.25) is 0 Å². The van der Waals surface area contributed by atoms with Crippen molar-refractivity contribution in [2.24, 2.45) is 5.41 Å². The van der Waals surface area contributed by atoms with E-state index in [0.29, 0.717) is 0 Å². The van der Waals surface area contributed by atoms with Crippen LogP contribution in [0, 0.1) is 5.41 Å². The van der Waals surface area contributed by atoms with E-state index in [1.165, 1.54) is 6.92 Å². The Morgan fingerprint density at radius 3 is 1.45 bits per heavy atom. The third-order valence-corrected chi connectivity index (χ3v) is 5.34. The van der Waals surface area contributed by atoms with Crippen molar-refractivity contribution >= 4 is 71.3 Å². The standard InChI is InChI=1S/C21H33Br3O7/c1-14(25)10-29-11-21(9-8-15(26)18(2,3)22,12-30-16(27)19(4,5)23)13-31-17(28)20(6,7)24/h8-13H2,1-7H3. The van der Waals surface area contributed by atoms with Gasteiger partial charge in [-0.05, 0) is 54.9 Å². The Balaban J connectivity index is 5.75. The van der Waals surface area contributed by atoms with Crippen LogP contribution in [0.15, 0.2) is 0 Å². The van der Waals surface area contributed by atoms with Crippen molar-refractivity contribution in [2.75, 3.05) is 26.4 Å². The van der Waals surface area contributed by atoms with Crippen LogP contribution in [0.3, 0.4) is 0 Å². The molecule has 0 atom stereocenters. The number of hydrogen-bond donors (Lipinski definition) is 0. The normalized spacial score (nSPS) is 13.0. The van der Waals surface area contributed by atoms with Crippen molar-refractivity contribution in [3.63, 3.8) is 0 Å². The Labute approximate surface area is 210 Å². The Morgan fingerprint density at radius 1 is 0.710 bits per heavy atom. The number of rotatable bonds is 14. The van der Waals surface area contributed by atoms with Gasteiger partial charge < -0.3 is 14.2 Å². The number of esters is 2. The lowest BCUT2D eigenvalue weighted by atomic mass is 9.83. The van der Waals surface area contributed by atoms with Crippen LogP contribution in [0.25, 0.3) is 0 Å². The van der Waals surface area contributed by atoms with Gasteiger partial charge in [-0.25, -0.2) is 0 Å². The molecule has 10 heteroatoms. The van der Waals surface area contributed by atoms with E-state index >= 15 is 0 Å². The molecule has 0 radical (unpaired) electrons. The summed E-state index contributed by atoms with van der Waals surface area (Å²) >= 11 is 9.87. The quantitative estimate of drug-likeness (QED) is 0.204. The molecule has 0 aromatic heterocycles. The Bertz CT molecular complexity index is 581. The molecule has 180 valence electrons. The molecule has 0 spiro atoms. The van der Waals surface area contributed by atoms with Crippen LogP contribution in [-0.4, -0.2) is 62.9 Å². The number of carbonyl (C=O) groups excluding carboxylic acids is 4. The van der Waals surface area contributed by atoms with E-state index in [9.17, 15) is 19.2 Å². The van der Waals surface area contributed by atoms with Crippen LogP contribution in [0.4, 0.5) is 0 Å². The van der Waals surface area contributed by atoms with Gasteiger partial charge in [0.15, 0.2) is 5.78 Å². The highest BCUT2D eigenvalue weighted by atomic mass is 79.9. The number of halogens is 3. The summed E-state index contributed by atoms with van der Waals surface area (Å²) in [5, 5.41) is 0. The fraction of sp³-hybridized carbons (Fsp3) is 0.810. The summed E-state index contributed by atoms with van der Waals surface area (Å²) < 4.78 is 13.9. The van der Waals surface area contributed by atoms with E-state index < -0.39 is 30.3 Å². The molecular weight excluding hydrogens is 604 g/mol. The van der Waals surface area contributed by atoms with Gasteiger partial charge in [0.05, 0.1) is 16.3 Å². The predicted octanol–water partition coefficient (Wildman–Crippen LogP) is 4.53. The van der Waals surface area contributed by atoms with Crippen LogP contribution in [0.5, 0.6) is 0 Å². The van der Waals surface area contributed by atoms with E-state index in [4.69, 9.17) is 14.2 Å². The lowest BCUT2D eigenvalue weighted by Crippen LogP contribution is -2.43. The molecule has 0 aliphatic heterocycles. The van der Waals surface area contributed by atoms with Crippen LogP contribution < -0.4 is 0 Å². The maximum atomic E-state index is 12.5. The predicted molar refractivity (Wildman–Crippen MR) is 129 cm³/mol. The average molecular weight is 637 g/mol. The molecule has 0 saturated carbocycles. The fourth-order valence-corrected chi connectivity index (χ4v) is 2.64. The molecule has 0 saturated heterocycles. The van der Waals surface area contributed by atoms with Crippen LogP contribution in [0.1, 0.15) is 61.3 Å². The summed E-state index contributed by atoms with van der Waals surface area (Å²) in [6.07, 6.45) is 0.358. The van der Waals surface area contributed by atoms with Crippen LogP contribution in [-0.2, 0) is 33.4 Å². The number of hydrogen-bond acceptors (Lipinski definition) is 7. The van der Waals surface area contributed by atoms with Gasteiger partial charge >= 0.3 is 11.9 Å². The second kappa shape index (κ2) is 12.2. The first-order chi connectivity index (χ1) is 13.8. The second-order valence-electron chi connectivity index (χ2n) is 9.19. The third-order valence-electron chi connectivity index (χ3n) is 4.25. The van der Waals surface area contributed by atoms with E-state index in [2.05, 4.69) is 47.8 Å². The largest absolute Gasteiger partial charge is 0.464 e. The van der Waals surface area contributed by atoms with Gasteiger partial charge in [-0.1, -0.05) is 47.8 Å². The zero-order chi connectivity index (χ0) is 24.7. The molecule has 0 fully saturated rings. The minimum absolute atomic E-state index is 0.0332. The molecule has 31 heavy (non-hydrogen) atoms. The molecule has 7 nitrogen and oxygen atoms in total. The molecule has 0 N–H and O–H groups in total. The van der Waals surface area contributed by atoms with E-state index in [1.807, 2.05) is 0 Å². The summed E-state index contributed by atoms with van der Waals surface area (Å²) in [4.78, 5) is 48.5. The number of alkyl halides is 3. The first-order valence-electron chi connectivity index (χ1n) is 9.82. The highest BCUT2D eigenvalue weighted by Crippen LogP contribution is 2.31. The van der Waals surface area contributed by atoms with Crippen molar-refractivity contribution < 1.29 is 33.4 Å². The Hall–Kier alpha value is -0.320. The Kier molecular flexibility index (Phi) is 12.1. The SMILES string of the molecule is CC(=O)COCC(CCC(=O)C(C)(C)Br)(COC(=O)C(C)(C)Br)COC(=O)C(C)(C)Br. The molecule has 0 aromatic carbocycles. The topological polar surface area (TPSA) is 96.0 Å². The van der Waals surface area contributed by atoms with Crippen molar-refractivity contribution in [1.82, 2.24) is 0 Å². The molecule has 0 bridgehead atoms. The molecular formula is C21H33Br3O7. The number of carbonyl (C=O) groups is 4. The van der Waals surface area contributed by atoms with E-state index in [1.54, 1.807) is 41.5 Å². The van der Waals surface area contributed by atoms with Gasteiger partial charge in [-0.15, -0.1) is 0 Å². The van der Waals surface area contributed by atoms with Gasteiger partial charge in [0, 0.05) is 6.42 Å². The zero-order valence-corrected chi connectivity index (χ0v) is 24.0. The maximum absolute atomic E-state index is 12.5.